The molecule has 0 saturated heterocycles. The SMILES string of the molecule is CCCC(=O)NC1=CN=CC(NOC)=NC1. The Bertz CT molecular complexity index is 334. The molecule has 1 aliphatic heterocycles. The van der Waals surface area contributed by atoms with E-state index in [2.05, 4.69) is 20.8 Å². The van der Waals surface area contributed by atoms with Crippen LogP contribution in [0.1, 0.15) is 19.8 Å². The van der Waals surface area contributed by atoms with Crippen LogP contribution in [0.5, 0.6) is 0 Å². The third-order valence-corrected chi connectivity index (χ3v) is 1.83. The molecule has 0 saturated carbocycles. The van der Waals surface area contributed by atoms with Gasteiger partial charge in [-0.1, -0.05) is 6.92 Å². The molecule has 0 aromatic carbocycles. The Hall–Kier alpha value is -1.69. The number of amidine groups is 1. The summed E-state index contributed by atoms with van der Waals surface area (Å²) in [7, 11) is 1.50. The minimum Gasteiger partial charge on any atom is -0.327 e. The van der Waals surface area contributed by atoms with Gasteiger partial charge in [0.15, 0.2) is 5.84 Å². The molecule has 0 bridgehead atoms. The van der Waals surface area contributed by atoms with Crippen LogP contribution >= 0.6 is 0 Å². The second kappa shape index (κ2) is 6.73. The number of carbonyl (C=O) groups is 1. The second-order valence-electron chi connectivity index (χ2n) is 3.24. The van der Waals surface area contributed by atoms with Crippen molar-refractivity contribution in [3.8, 4) is 0 Å². The number of aliphatic imine (C=N–C) groups is 2. The molecule has 0 radical (unpaired) electrons. The molecule has 16 heavy (non-hydrogen) atoms. The van der Waals surface area contributed by atoms with Crippen LogP contribution in [0.2, 0.25) is 0 Å². The zero-order valence-corrected chi connectivity index (χ0v) is 9.49. The van der Waals surface area contributed by atoms with Crippen molar-refractivity contribution >= 4 is 18.0 Å². The summed E-state index contributed by atoms with van der Waals surface area (Å²) in [5, 5.41) is 2.76. The van der Waals surface area contributed by atoms with E-state index >= 15 is 0 Å². The van der Waals surface area contributed by atoms with Crippen molar-refractivity contribution in [1.82, 2.24) is 10.8 Å². The highest BCUT2D eigenvalue weighted by molar-refractivity contribution is 6.29. The second-order valence-corrected chi connectivity index (χ2v) is 3.24. The maximum Gasteiger partial charge on any atom is 0.224 e. The summed E-state index contributed by atoms with van der Waals surface area (Å²) in [4.78, 5) is 24.2. The summed E-state index contributed by atoms with van der Waals surface area (Å²) in [5.74, 6) is 0.515. The predicted octanol–water partition coefficient (Wildman–Crippen LogP) is 0.378. The molecule has 0 unspecified atom stereocenters. The highest BCUT2D eigenvalue weighted by atomic mass is 16.6. The quantitative estimate of drug-likeness (QED) is 0.678. The van der Waals surface area contributed by atoms with Gasteiger partial charge in [0.2, 0.25) is 5.91 Å². The van der Waals surface area contributed by atoms with E-state index in [0.717, 1.165) is 6.42 Å². The van der Waals surface area contributed by atoms with Gasteiger partial charge in [-0.15, -0.1) is 0 Å². The fourth-order valence-electron chi connectivity index (χ4n) is 1.15. The van der Waals surface area contributed by atoms with Gasteiger partial charge in [-0.3, -0.25) is 19.6 Å². The fraction of sp³-hybridized carbons (Fsp3) is 0.500. The Morgan fingerprint density at radius 2 is 2.44 bits per heavy atom. The summed E-state index contributed by atoms with van der Waals surface area (Å²) in [6.45, 7) is 2.33. The highest BCUT2D eigenvalue weighted by Crippen LogP contribution is 1.97. The monoisotopic (exact) mass is 224 g/mol. The average molecular weight is 224 g/mol. The van der Waals surface area contributed by atoms with Crippen molar-refractivity contribution in [2.45, 2.75) is 19.8 Å². The van der Waals surface area contributed by atoms with Gasteiger partial charge in [-0.05, 0) is 6.42 Å². The molecule has 2 N–H and O–H groups in total. The first-order chi connectivity index (χ1) is 7.76. The van der Waals surface area contributed by atoms with Crippen LogP contribution in [-0.2, 0) is 9.63 Å². The zero-order valence-electron chi connectivity index (χ0n) is 9.49. The van der Waals surface area contributed by atoms with E-state index in [1.54, 1.807) is 6.20 Å². The summed E-state index contributed by atoms with van der Waals surface area (Å²) >= 11 is 0. The average Bonchev–Trinajstić information content (AvgIpc) is 2.45. The molecule has 1 heterocycles. The normalized spacial score (nSPS) is 14.9. The Morgan fingerprint density at radius 3 is 3.12 bits per heavy atom. The van der Waals surface area contributed by atoms with Crippen molar-refractivity contribution in [2.75, 3.05) is 13.7 Å². The van der Waals surface area contributed by atoms with Crippen LogP contribution in [0.3, 0.4) is 0 Å². The number of hydrogen-bond acceptors (Lipinski definition) is 5. The summed E-state index contributed by atoms with van der Waals surface area (Å²) in [5.41, 5.74) is 3.26. The van der Waals surface area contributed by atoms with Crippen LogP contribution in [0.15, 0.2) is 21.9 Å². The van der Waals surface area contributed by atoms with Crippen molar-refractivity contribution in [3.05, 3.63) is 11.9 Å². The predicted molar refractivity (Wildman–Crippen MR) is 62.1 cm³/mol. The van der Waals surface area contributed by atoms with Gasteiger partial charge in [0.05, 0.1) is 25.6 Å². The smallest absolute Gasteiger partial charge is 0.224 e. The van der Waals surface area contributed by atoms with E-state index in [-0.39, 0.29) is 5.91 Å². The first kappa shape index (κ1) is 12.4. The lowest BCUT2D eigenvalue weighted by atomic mass is 10.3. The van der Waals surface area contributed by atoms with Crippen molar-refractivity contribution < 1.29 is 9.63 Å². The van der Waals surface area contributed by atoms with Crippen LogP contribution in [0.25, 0.3) is 0 Å². The van der Waals surface area contributed by atoms with E-state index in [4.69, 9.17) is 4.84 Å². The number of nitrogens with one attached hydrogen (secondary N) is 2. The van der Waals surface area contributed by atoms with Crippen LogP contribution in [0.4, 0.5) is 0 Å². The summed E-state index contributed by atoms with van der Waals surface area (Å²) < 4.78 is 0. The van der Waals surface area contributed by atoms with Crippen molar-refractivity contribution in [1.29, 1.82) is 0 Å². The van der Waals surface area contributed by atoms with Crippen molar-refractivity contribution in [2.24, 2.45) is 9.98 Å². The number of carbonyl (C=O) groups excluding carboxylic acids is 1. The van der Waals surface area contributed by atoms with E-state index in [0.29, 0.717) is 24.5 Å². The number of amides is 1. The van der Waals surface area contributed by atoms with Crippen LogP contribution in [-0.4, -0.2) is 31.6 Å². The molecule has 0 aromatic heterocycles. The third kappa shape index (κ3) is 4.22. The molecule has 0 aromatic rings. The zero-order chi connectivity index (χ0) is 11.8. The molecule has 1 rings (SSSR count). The summed E-state index contributed by atoms with van der Waals surface area (Å²) in [6.07, 6.45) is 4.44. The third-order valence-electron chi connectivity index (χ3n) is 1.83. The molecule has 1 aliphatic rings. The van der Waals surface area contributed by atoms with Gasteiger partial charge in [-0.2, -0.15) is 0 Å². The maximum atomic E-state index is 11.3. The van der Waals surface area contributed by atoms with E-state index in [1.807, 2.05) is 6.92 Å². The van der Waals surface area contributed by atoms with Gasteiger partial charge in [0.25, 0.3) is 0 Å². The molecule has 0 atom stereocenters. The molecule has 1 amide bonds. The van der Waals surface area contributed by atoms with Gasteiger partial charge in [0, 0.05) is 12.6 Å². The standard InChI is InChI=1S/C10H16N4O2/c1-3-4-10(15)13-8-5-11-7-9(12-6-8)14-16-2/h5,7H,3-4,6H2,1-2H3,(H,12,14)(H,13,15). The minimum absolute atomic E-state index is 0.0118. The molecule has 0 spiro atoms. The highest BCUT2D eigenvalue weighted by Gasteiger charge is 2.05. The molecular weight excluding hydrogens is 208 g/mol. The van der Waals surface area contributed by atoms with Gasteiger partial charge in [0.1, 0.15) is 0 Å². The molecule has 88 valence electrons. The minimum atomic E-state index is -0.0118. The van der Waals surface area contributed by atoms with E-state index in [9.17, 15) is 4.79 Å². The number of hydroxylamine groups is 1. The number of hydrogen-bond donors (Lipinski definition) is 2. The van der Waals surface area contributed by atoms with E-state index < -0.39 is 0 Å². The first-order valence-corrected chi connectivity index (χ1v) is 5.11. The van der Waals surface area contributed by atoms with Gasteiger partial charge in [-0.25, -0.2) is 5.48 Å². The topological polar surface area (TPSA) is 75.1 Å². The van der Waals surface area contributed by atoms with Crippen LogP contribution in [0, 0.1) is 0 Å². The molecule has 0 aliphatic carbocycles. The van der Waals surface area contributed by atoms with Crippen molar-refractivity contribution in [3.63, 3.8) is 0 Å². The Kier molecular flexibility index (Phi) is 5.21. The molecule has 6 heteroatoms. The Balaban J connectivity index is 2.50. The Morgan fingerprint density at radius 1 is 1.62 bits per heavy atom. The largest absolute Gasteiger partial charge is 0.327 e. The molecule has 0 fully saturated rings. The lowest BCUT2D eigenvalue weighted by molar-refractivity contribution is -0.120. The first-order valence-electron chi connectivity index (χ1n) is 5.11. The summed E-state index contributed by atoms with van der Waals surface area (Å²) in [6, 6.07) is 0. The van der Waals surface area contributed by atoms with Gasteiger partial charge < -0.3 is 5.32 Å². The molecular formula is C10H16N4O2. The lowest BCUT2D eigenvalue weighted by Gasteiger charge is -2.05. The number of nitrogens with zero attached hydrogens (tertiary/aromatic N) is 2. The maximum absolute atomic E-state index is 11.3. The molecule has 6 nitrogen and oxygen atoms in total. The van der Waals surface area contributed by atoms with Crippen LogP contribution < -0.4 is 10.8 Å². The fourth-order valence-corrected chi connectivity index (χ4v) is 1.15. The van der Waals surface area contributed by atoms with Gasteiger partial charge >= 0.3 is 0 Å². The number of rotatable bonds is 4. The Labute approximate surface area is 94.4 Å². The van der Waals surface area contributed by atoms with E-state index in [1.165, 1.54) is 13.3 Å². The lowest BCUT2D eigenvalue weighted by Crippen LogP contribution is -2.25.